The van der Waals surface area contributed by atoms with Crippen LogP contribution in [-0.2, 0) is 24.3 Å². The normalized spacial score (nSPS) is 12.3. The highest BCUT2D eigenvalue weighted by molar-refractivity contribution is 6.07. The average molecular weight is 448 g/mol. The summed E-state index contributed by atoms with van der Waals surface area (Å²) < 4.78 is 5.48. The highest BCUT2D eigenvalue weighted by Gasteiger charge is 2.25. The van der Waals surface area contributed by atoms with Crippen LogP contribution in [0.4, 0.5) is 5.69 Å². The quantitative estimate of drug-likeness (QED) is 0.355. The van der Waals surface area contributed by atoms with Crippen LogP contribution in [0.1, 0.15) is 48.5 Å². The van der Waals surface area contributed by atoms with Crippen LogP contribution in [-0.4, -0.2) is 11.9 Å². The maximum Gasteiger partial charge on any atom is 0.338 e. The minimum atomic E-state index is -0.406. The van der Waals surface area contributed by atoms with Crippen molar-refractivity contribution in [2.75, 3.05) is 4.90 Å². The van der Waals surface area contributed by atoms with E-state index in [-0.39, 0.29) is 12.5 Å². The van der Waals surface area contributed by atoms with E-state index in [2.05, 4.69) is 18.2 Å². The standard InChI is InChI=1S/C30H25NO3/c1-21-8-2-3-12-27(21)20-34-30(33)23-16-14-22(15-17-23)29(32)31-19-26-11-5-4-9-24(26)18-25-10-6-7-13-28(25)31/h2-17H,18-20H2,1H3. The molecule has 0 unspecified atom stereocenters. The molecule has 0 aromatic heterocycles. The number of benzene rings is 4. The minimum Gasteiger partial charge on any atom is -0.457 e. The third-order valence-electron chi connectivity index (χ3n) is 6.34. The molecule has 4 aromatic carbocycles. The first-order valence-electron chi connectivity index (χ1n) is 11.4. The van der Waals surface area contributed by atoms with Crippen molar-refractivity contribution < 1.29 is 14.3 Å². The van der Waals surface area contributed by atoms with Gasteiger partial charge in [-0.15, -0.1) is 0 Å². The number of nitrogens with zero attached hydrogens (tertiary/aromatic N) is 1. The number of esters is 1. The number of hydrogen-bond donors (Lipinski definition) is 0. The first kappa shape index (κ1) is 21.7. The summed E-state index contributed by atoms with van der Waals surface area (Å²) in [6, 6.07) is 30.8. The smallest absolute Gasteiger partial charge is 0.338 e. The zero-order chi connectivity index (χ0) is 23.5. The molecule has 0 saturated heterocycles. The number of carbonyl (C=O) groups is 2. The van der Waals surface area contributed by atoms with Crippen molar-refractivity contribution in [3.63, 3.8) is 0 Å². The Balaban J connectivity index is 1.36. The molecular weight excluding hydrogens is 422 g/mol. The summed E-state index contributed by atoms with van der Waals surface area (Å²) >= 11 is 0. The van der Waals surface area contributed by atoms with Crippen LogP contribution in [0, 0.1) is 6.92 Å². The van der Waals surface area contributed by atoms with Gasteiger partial charge in [-0.1, -0.05) is 66.7 Å². The van der Waals surface area contributed by atoms with Crippen molar-refractivity contribution >= 4 is 17.6 Å². The van der Waals surface area contributed by atoms with Gasteiger partial charge in [-0.3, -0.25) is 4.79 Å². The molecule has 0 saturated carbocycles. The van der Waals surface area contributed by atoms with Crippen LogP contribution in [0.3, 0.4) is 0 Å². The Bertz CT molecular complexity index is 1360. The van der Waals surface area contributed by atoms with Gasteiger partial charge in [-0.2, -0.15) is 0 Å². The second-order valence-corrected chi connectivity index (χ2v) is 8.55. The van der Waals surface area contributed by atoms with Gasteiger partial charge in [0.25, 0.3) is 5.91 Å². The van der Waals surface area contributed by atoms with Crippen molar-refractivity contribution in [2.24, 2.45) is 0 Å². The molecule has 0 atom stereocenters. The lowest BCUT2D eigenvalue weighted by Crippen LogP contribution is -2.30. The molecule has 0 spiro atoms. The Hall–Kier alpha value is -4.18. The molecule has 4 heteroatoms. The van der Waals surface area contributed by atoms with Crippen LogP contribution >= 0.6 is 0 Å². The molecule has 1 aliphatic heterocycles. The van der Waals surface area contributed by atoms with E-state index in [4.69, 9.17) is 4.74 Å². The zero-order valence-electron chi connectivity index (χ0n) is 19.0. The summed E-state index contributed by atoms with van der Waals surface area (Å²) in [5.41, 5.74) is 7.43. The largest absolute Gasteiger partial charge is 0.457 e. The Kier molecular flexibility index (Phi) is 5.96. The number of rotatable bonds is 4. The first-order valence-corrected chi connectivity index (χ1v) is 11.4. The van der Waals surface area contributed by atoms with E-state index in [1.807, 2.05) is 66.4 Å². The van der Waals surface area contributed by atoms with Crippen LogP contribution in [0.25, 0.3) is 0 Å². The van der Waals surface area contributed by atoms with E-state index in [1.165, 1.54) is 5.56 Å². The van der Waals surface area contributed by atoms with Gasteiger partial charge in [0, 0.05) is 11.3 Å². The average Bonchev–Trinajstić information content (AvgIpc) is 3.04. The van der Waals surface area contributed by atoms with E-state index < -0.39 is 5.97 Å². The van der Waals surface area contributed by atoms with E-state index in [9.17, 15) is 9.59 Å². The monoisotopic (exact) mass is 447 g/mol. The Morgan fingerprint density at radius 1 is 0.735 bits per heavy atom. The predicted octanol–water partition coefficient (Wildman–Crippen LogP) is 6.10. The molecule has 1 heterocycles. The van der Waals surface area contributed by atoms with E-state index in [1.54, 1.807) is 24.3 Å². The fourth-order valence-corrected chi connectivity index (χ4v) is 4.35. The second kappa shape index (κ2) is 9.36. The number of amides is 1. The van der Waals surface area contributed by atoms with E-state index in [0.29, 0.717) is 17.7 Å². The number of fused-ring (bicyclic) bond motifs is 2. The molecule has 34 heavy (non-hydrogen) atoms. The van der Waals surface area contributed by atoms with Crippen molar-refractivity contribution in [2.45, 2.75) is 26.5 Å². The molecule has 4 aromatic rings. The lowest BCUT2D eigenvalue weighted by molar-refractivity contribution is 0.0472. The van der Waals surface area contributed by atoms with Crippen LogP contribution in [0.5, 0.6) is 0 Å². The van der Waals surface area contributed by atoms with Crippen molar-refractivity contribution in [3.8, 4) is 0 Å². The molecule has 1 aliphatic rings. The third kappa shape index (κ3) is 4.35. The van der Waals surface area contributed by atoms with Crippen molar-refractivity contribution in [1.29, 1.82) is 0 Å². The molecule has 1 amide bonds. The molecule has 0 bridgehead atoms. The first-order chi connectivity index (χ1) is 16.6. The molecular formula is C30H25NO3. The van der Waals surface area contributed by atoms with Gasteiger partial charge in [-0.05, 0) is 71.5 Å². The van der Waals surface area contributed by atoms with Gasteiger partial charge >= 0.3 is 5.97 Å². The van der Waals surface area contributed by atoms with Gasteiger partial charge in [0.05, 0.1) is 12.1 Å². The molecule has 4 nitrogen and oxygen atoms in total. The Morgan fingerprint density at radius 3 is 2.12 bits per heavy atom. The fraction of sp³-hybridized carbons (Fsp3) is 0.133. The molecule has 168 valence electrons. The van der Waals surface area contributed by atoms with Crippen molar-refractivity contribution in [3.05, 3.63) is 136 Å². The van der Waals surface area contributed by atoms with Gasteiger partial charge in [-0.25, -0.2) is 4.79 Å². The van der Waals surface area contributed by atoms with Crippen molar-refractivity contribution in [1.82, 2.24) is 0 Å². The summed E-state index contributed by atoms with van der Waals surface area (Å²) in [5.74, 6) is -0.500. The van der Waals surface area contributed by atoms with Gasteiger partial charge in [0.15, 0.2) is 0 Å². The van der Waals surface area contributed by atoms with Gasteiger partial charge in [0.1, 0.15) is 6.61 Å². The highest BCUT2D eigenvalue weighted by Crippen LogP contribution is 2.31. The summed E-state index contributed by atoms with van der Waals surface area (Å²) in [7, 11) is 0. The molecule has 0 radical (unpaired) electrons. The molecule has 0 N–H and O–H groups in total. The SMILES string of the molecule is Cc1ccccc1COC(=O)c1ccc(C(=O)N2Cc3ccccc3Cc3ccccc32)cc1. The summed E-state index contributed by atoms with van der Waals surface area (Å²) in [6.07, 6.45) is 0.793. The molecule has 0 aliphatic carbocycles. The lowest BCUT2D eigenvalue weighted by Gasteiger charge is -2.23. The topological polar surface area (TPSA) is 46.6 Å². The summed E-state index contributed by atoms with van der Waals surface area (Å²) in [6.45, 7) is 2.71. The second-order valence-electron chi connectivity index (χ2n) is 8.55. The number of aryl methyl sites for hydroxylation is 1. The minimum absolute atomic E-state index is 0.0935. The third-order valence-corrected chi connectivity index (χ3v) is 6.34. The maximum atomic E-state index is 13.6. The zero-order valence-corrected chi connectivity index (χ0v) is 19.0. The molecule has 0 fully saturated rings. The van der Waals surface area contributed by atoms with Crippen LogP contribution in [0.15, 0.2) is 97.1 Å². The lowest BCUT2D eigenvalue weighted by atomic mass is 10.0. The van der Waals surface area contributed by atoms with Gasteiger partial charge < -0.3 is 9.64 Å². The Labute approximate surface area is 199 Å². The maximum absolute atomic E-state index is 13.6. The predicted molar refractivity (Wildman–Crippen MR) is 133 cm³/mol. The number of para-hydroxylation sites is 1. The van der Waals surface area contributed by atoms with E-state index in [0.717, 1.165) is 34.4 Å². The van der Waals surface area contributed by atoms with Gasteiger partial charge in [0.2, 0.25) is 0 Å². The van der Waals surface area contributed by atoms with Crippen LogP contribution in [0.2, 0.25) is 0 Å². The van der Waals surface area contributed by atoms with E-state index >= 15 is 0 Å². The number of anilines is 1. The summed E-state index contributed by atoms with van der Waals surface area (Å²) in [4.78, 5) is 27.9. The number of hydrogen-bond acceptors (Lipinski definition) is 3. The number of ether oxygens (including phenoxy) is 1. The fourth-order valence-electron chi connectivity index (χ4n) is 4.35. The number of carbonyl (C=O) groups excluding carboxylic acids is 2. The van der Waals surface area contributed by atoms with Crippen LogP contribution < -0.4 is 4.90 Å². The Morgan fingerprint density at radius 2 is 1.35 bits per heavy atom. The summed E-state index contributed by atoms with van der Waals surface area (Å²) in [5, 5.41) is 0. The highest BCUT2D eigenvalue weighted by atomic mass is 16.5. The molecule has 5 rings (SSSR count).